The lowest BCUT2D eigenvalue weighted by Crippen LogP contribution is -2.18. The lowest BCUT2D eigenvalue weighted by molar-refractivity contribution is -0.385. The number of alkyl halides is 2. The first-order chi connectivity index (χ1) is 6.93. The Morgan fingerprint density at radius 1 is 1.44 bits per heavy atom. The highest BCUT2D eigenvalue weighted by Crippen LogP contribution is 2.29. The molecule has 1 aromatic rings. The quantitative estimate of drug-likeness (QED) is 0.638. The number of nitrogens with zero attached hydrogens (tertiary/aromatic N) is 1. The zero-order valence-electron chi connectivity index (χ0n) is 7.84. The molecule has 0 aromatic heterocycles. The van der Waals surface area contributed by atoms with Crippen molar-refractivity contribution in [3.8, 4) is 5.75 Å². The molecule has 1 aromatic carbocycles. The van der Waals surface area contributed by atoms with Gasteiger partial charge in [0, 0.05) is 6.07 Å². The first-order valence-corrected chi connectivity index (χ1v) is 3.94. The van der Waals surface area contributed by atoms with Crippen LogP contribution in [0.25, 0.3) is 0 Å². The fourth-order valence-electron chi connectivity index (χ4n) is 1.04. The molecule has 0 amide bonds. The van der Waals surface area contributed by atoms with Crippen LogP contribution in [0, 0.1) is 10.1 Å². The first kappa shape index (κ1) is 14.5. The molecule has 8 heteroatoms. The van der Waals surface area contributed by atoms with Crippen LogP contribution in [0.4, 0.5) is 14.5 Å². The van der Waals surface area contributed by atoms with Gasteiger partial charge in [0.15, 0.2) is 5.75 Å². The largest absolute Gasteiger partial charge is 0.502 e. The minimum Gasteiger partial charge on any atom is -0.502 e. The maximum absolute atomic E-state index is 12.2. The highest BCUT2D eigenvalue weighted by atomic mass is 35.5. The van der Waals surface area contributed by atoms with Crippen molar-refractivity contribution in [2.45, 2.75) is 12.5 Å². The Kier molecular flexibility index (Phi) is 5.06. The predicted molar refractivity (Wildman–Crippen MR) is 54.9 cm³/mol. The number of aromatic hydroxyl groups is 1. The summed E-state index contributed by atoms with van der Waals surface area (Å²) in [5.41, 5.74) is 4.38. The van der Waals surface area contributed by atoms with Gasteiger partial charge in [-0.2, -0.15) is 0 Å². The van der Waals surface area contributed by atoms with E-state index in [-0.39, 0.29) is 18.0 Å². The van der Waals surface area contributed by atoms with Gasteiger partial charge in [0.2, 0.25) is 0 Å². The average Bonchev–Trinajstić information content (AvgIpc) is 2.16. The van der Waals surface area contributed by atoms with E-state index in [4.69, 9.17) is 10.8 Å². The summed E-state index contributed by atoms with van der Waals surface area (Å²) < 4.78 is 24.4. The van der Waals surface area contributed by atoms with Crippen LogP contribution in [-0.2, 0) is 0 Å². The summed E-state index contributed by atoms with van der Waals surface area (Å²) in [4.78, 5) is 9.52. The lowest BCUT2D eigenvalue weighted by atomic mass is 10.1. The number of nitrogens with two attached hydrogens (primary N) is 1. The molecule has 0 spiro atoms. The summed E-state index contributed by atoms with van der Waals surface area (Å²) >= 11 is 0. The standard InChI is InChI=1S/C8H8F2N2O3.ClH/c9-8(10)7(11)4-1-2-6(13)5(3-4)12(14)15;/h1-3,7-8,13H,11H2;1H/t7-;/m1./s1. The maximum atomic E-state index is 12.2. The number of nitro groups is 1. The van der Waals surface area contributed by atoms with Gasteiger partial charge < -0.3 is 10.8 Å². The van der Waals surface area contributed by atoms with Crippen LogP contribution in [0.15, 0.2) is 18.2 Å². The smallest absolute Gasteiger partial charge is 0.311 e. The van der Waals surface area contributed by atoms with Crippen molar-refractivity contribution in [2.75, 3.05) is 0 Å². The van der Waals surface area contributed by atoms with Crippen molar-refractivity contribution in [3.05, 3.63) is 33.9 Å². The second-order valence-corrected chi connectivity index (χ2v) is 2.87. The van der Waals surface area contributed by atoms with E-state index in [0.717, 1.165) is 18.2 Å². The molecule has 0 aliphatic carbocycles. The number of rotatable bonds is 3. The Morgan fingerprint density at radius 2 is 2.00 bits per heavy atom. The van der Waals surface area contributed by atoms with Crippen LogP contribution < -0.4 is 5.73 Å². The molecule has 3 N–H and O–H groups in total. The highest BCUT2D eigenvalue weighted by molar-refractivity contribution is 5.85. The van der Waals surface area contributed by atoms with Gasteiger partial charge in [0.25, 0.3) is 6.43 Å². The molecule has 0 saturated heterocycles. The Morgan fingerprint density at radius 3 is 2.44 bits per heavy atom. The Bertz CT molecular complexity index is 390. The second kappa shape index (κ2) is 5.57. The molecule has 1 rings (SSSR count). The van der Waals surface area contributed by atoms with Gasteiger partial charge in [-0.15, -0.1) is 12.4 Å². The predicted octanol–water partition coefficient (Wildman–Crippen LogP) is 1.99. The number of nitro benzene ring substituents is 1. The van der Waals surface area contributed by atoms with Gasteiger partial charge in [0.1, 0.15) is 0 Å². The molecule has 90 valence electrons. The van der Waals surface area contributed by atoms with E-state index in [1.165, 1.54) is 0 Å². The van der Waals surface area contributed by atoms with E-state index in [1.807, 2.05) is 0 Å². The summed E-state index contributed by atoms with van der Waals surface area (Å²) in [7, 11) is 0. The molecule has 0 fully saturated rings. The molecule has 0 radical (unpaired) electrons. The Hall–Kier alpha value is -1.47. The van der Waals surface area contributed by atoms with Crippen LogP contribution in [-0.4, -0.2) is 16.5 Å². The topological polar surface area (TPSA) is 89.4 Å². The SMILES string of the molecule is Cl.N[C@H](c1ccc(O)c([N+](=O)[O-])c1)C(F)F. The zero-order chi connectivity index (χ0) is 11.6. The fraction of sp³-hybridized carbons (Fsp3) is 0.250. The molecule has 0 unspecified atom stereocenters. The fourth-order valence-corrected chi connectivity index (χ4v) is 1.04. The van der Waals surface area contributed by atoms with E-state index in [1.54, 1.807) is 0 Å². The zero-order valence-corrected chi connectivity index (χ0v) is 8.66. The van der Waals surface area contributed by atoms with Crippen molar-refractivity contribution in [1.29, 1.82) is 0 Å². The normalized spacial score (nSPS) is 12.0. The first-order valence-electron chi connectivity index (χ1n) is 3.94. The highest BCUT2D eigenvalue weighted by Gasteiger charge is 2.21. The van der Waals surface area contributed by atoms with Crippen LogP contribution in [0.5, 0.6) is 5.75 Å². The Labute approximate surface area is 95.4 Å². The van der Waals surface area contributed by atoms with Crippen molar-refractivity contribution in [2.24, 2.45) is 5.73 Å². The monoisotopic (exact) mass is 254 g/mol. The van der Waals surface area contributed by atoms with E-state index in [9.17, 15) is 18.9 Å². The van der Waals surface area contributed by atoms with Crippen molar-refractivity contribution >= 4 is 18.1 Å². The number of benzene rings is 1. The van der Waals surface area contributed by atoms with Gasteiger partial charge in [-0.05, 0) is 11.6 Å². The third kappa shape index (κ3) is 3.01. The van der Waals surface area contributed by atoms with Gasteiger partial charge in [-0.25, -0.2) is 8.78 Å². The molecular weight excluding hydrogens is 246 g/mol. The molecule has 16 heavy (non-hydrogen) atoms. The molecular formula is C8H9ClF2N2O3. The Balaban J connectivity index is 0.00000225. The molecule has 0 saturated carbocycles. The van der Waals surface area contributed by atoms with E-state index < -0.39 is 28.8 Å². The average molecular weight is 255 g/mol. The minimum absolute atomic E-state index is 0. The third-order valence-electron chi connectivity index (χ3n) is 1.85. The summed E-state index contributed by atoms with van der Waals surface area (Å²) in [6, 6.07) is 1.34. The summed E-state index contributed by atoms with van der Waals surface area (Å²) in [6.45, 7) is 0. The molecule has 1 atom stereocenters. The van der Waals surface area contributed by atoms with Gasteiger partial charge in [-0.3, -0.25) is 10.1 Å². The van der Waals surface area contributed by atoms with Crippen molar-refractivity contribution in [1.82, 2.24) is 0 Å². The van der Waals surface area contributed by atoms with Gasteiger partial charge in [0.05, 0.1) is 11.0 Å². The number of phenolic OH excluding ortho intramolecular Hbond substituents is 1. The van der Waals surface area contributed by atoms with Crippen molar-refractivity contribution in [3.63, 3.8) is 0 Å². The van der Waals surface area contributed by atoms with Crippen LogP contribution in [0.2, 0.25) is 0 Å². The van der Waals surface area contributed by atoms with Crippen LogP contribution in [0.3, 0.4) is 0 Å². The number of halogens is 3. The molecule has 5 nitrogen and oxygen atoms in total. The second-order valence-electron chi connectivity index (χ2n) is 2.87. The summed E-state index contributed by atoms with van der Waals surface area (Å²) in [5, 5.41) is 19.4. The van der Waals surface area contributed by atoms with Crippen molar-refractivity contribution < 1.29 is 18.8 Å². The molecule has 0 bridgehead atoms. The van der Waals surface area contributed by atoms with Gasteiger partial charge in [-0.1, -0.05) is 6.07 Å². The maximum Gasteiger partial charge on any atom is 0.311 e. The summed E-state index contributed by atoms with van der Waals surface area (Å²) in [5.74, 6) is -0.579. The molecule has 0 heterocycles. The van der Waals surface area contributed by atoms with Gasteiger partial charge >= 0.3 is 5.69 Å². The summed E-state index contributed by atoms with van der Waals surface area (Å²) in [6.07, 6.45) is -2.81. The van der Waals surface area contributed by atoms with E-state index in [2.05, 4.69) is 0 Å². The third-order valence-corrected chi connectivity index (χ3v) is 1.85. The number of hydrogen-bond acceptors (Lipinski definition) is 4. The number of hydrogen-bond donors (Lipinski definition) is 2. The van der Waals surface area contributed by atoms with Crippen LogP contribution >= 0.6 is 12.4 Å². The minimum atomic E-state index is -2.81. The number of phenols is 1. The molecule has 0 aliphatic heterocycles. The molecule has 0 aliphatic rings. The van der Waals surface area contributed by atoms with E-state index >= 15 is 0 Å². The van der Waals surface area contributed by atoms with E-state index in [0.29, 0.717) is 0 Å². The lowest BCUT2D eigenvalue weighted by Gasteiger charge is -2.10. The van der Waals surface area contributed by atoms with Crippen LogP contribution in [0.1, 0.15) is 11.6 Å².